The van der Waals surface area contributed by atoms with Crippen molar-refractivity contribution in [2.45, 2.75) is 31.5 Å². The summed E-state index contributed by atoms with van der Waals surface area (Å²) in [6.07, 6.45) is 0.929. The van der Waals surface area contributed by atoms with Crippen LogP contribution in [-0.2, 0) is 33.7 Å². The molecule has 0 aliphatic rings. The summed E-state index contributed by atoms with van der Waals surface area (Å²) in [5, 5.41) is 19.2. The molecular weight excluding hydrogens is 420 g/mol. The van der Waals surface area contributed by atoms with Gasteiger partial charge in [0.2, 0.25) is 11.1 Å². The minimum absolute atomic E-state index is 0.0912. The number of carbonyl (C=O) groups is 2. The highest BCUT2D eigenvalue weighted by atomic mass is 32.2. The van der Waals surface area contributed by atoms with Gasteiger partial charge in [-0.1, -0.05) is 17.8 Å². The van der Waals surface area contributed by atoms with Crippen LogP contribution in [0.3, 0.4) is 0 Å². The van der Waals surface area contributed by atoms with Crippen molar-refractivity contribution in [1.29, 1.82) is 0 Å². The molecule has 1 N–H and O–H groups in total. The predicted molar refractivity (Wildman–Crippen MR) is 108 cm³/mol. The molecule has 0 saturated heterocycles. The zero-order chi connectivity index (χ0) is 19.8. The first-order valence-corrected chi connectivity index (χ1v) is 11.2. The SMILES string of the molecule is CCOC(=O)Cc1csc(NC(=O)CSc2nnnn2CCc2cccs2)n1. The number of esters is 1. The molecule has 0 radical (unpaired) electrons. The van der Waals surface area contributed by atoms with Crippen molar-refractivity contribution in [3.05, 3.63) is 33.5 Å². The summed E-state index contributed by atoms with van der Waals surface area (Å²) < 4.78 is 6.58. The van der Waals surface area contributed by atoms with Gasteiger partial charge in [-0.25, -0.2) is 9.67 Å². The van der Waals surface area contributed by atoms with E-state index in [0.29, 0.717) is 29.1 Å². The summed E-state index contributed by atoms with van der Waals surface area (Å²) in [6, 6.07) is 4.08. The van der Waals surface area contributed by atoms with Crippen LogP contribution in [0.5, 0.6) is 0 Å². The molecule has 3 heterocycles. The zero-order valence-electron chi connectivity index (χ0n) is 15.0. The second-order valence-electron chi connectivity index (χ2n) is 5.48. The van der Waals surface area contributed by atoms with Gasteiger partial charge < -0.3 is 10.1 Å². The Labute approximate surface area is 173 Å². The van der Waals surface area contributed by atoms with Crippen LogP contribution in [0.25, 0.3) is 0 Å². The highest BCUT2D eigenvalue weighted by Gasteiger charge is 2.13. The number of anilines is 1. The van der Waals surface area contributed by atoms with E-state index < -0.39 is 0 Å². The van der Waals surface area contributed by atoms with Gasteiger partial charge in [-0.15, -0.1) is 27.8 Å². The van der Waals surface area contributed by atoms with E-state index in [0.717, 1.165) is 6.42 Å². The molecule has 0 atom stereocenters. The topological polar surface area (TPSA) is 112 Å². The predicted octanol–water partition coefficient (Wildman–Crippen LogP) is 2.27. The van der Waals surface area contributed by atoms with Gasteiger partial charge >= 0.3 is 5.97 Å². The lowest BCUT2D eigenvalue weighted by Gasteiger charge is -2.03. The van der Waals surface area contributed by atoms with E-state index >= 15 is 0 Å². The fraction of sp³-hybridized carbons (Fsp3) is 0.375. The van der Waals surface area contributed by atoms with Crippen molar-refractivity contribution < 1.29 is 14.3 Å². The molecule has 3 aromatic rings. The van der Waals surface area contributed by atoms with E-state index in [-0.39, 0.29) is 24.1 Å². The summed E-state index contributed by atoms with van der Waals surface area (Å²) in [7, 11) is 0. The van der Waals surface area contributed by atoms with Gasteiger partial charge in [-0.3, -0.25) is 9.59 Å². The zero-order valence-corrected chi connectivity index (χ0v) is 17.5. The standard InChI is InChI=1S/C16H18N6O3S3/c1-2-25-14(24)8-11-9-27-15(17-11)18-13(23)10-28-16-19-20-21-22(16)6-5-12-4-3-7-26-12/h3-4,7,9H,2,5-6,8,10H2,1H3,(H,17,18,23). The van der Waals surface area contributed by atoms with Crippen LogP contribution in [0, 0.1) is 0 Å². The Hall–Kier alpha value is -2.31. The molecule has 0 aliphatic heterocycles. The first kappa shape index (κ1) is 20.4. The molecule has 0 saturated carbocycles. The third-order valence-electron chi connectivity index (χ3n) is 3.41. The van der Waals surface area contributed by atoms with E-state index in [9.17, 15) is 9.59 Å². The summed E-state index contributed by atoms with van der Waals surface area (Å²) in [5.41, 5.74) is 0.573. The number of aryl methyl sites for hydroxylation is 2. The third kappa shape index (κ3) is 6.11. The van der Waals surface area contributed by atoms with E-state index in [1.165, 1.54) is 28.0 Å². The number of hydrogen-bond acceptors (Lipinski definition) is 10. The van der Waals surface area contributed by atoms with Crippen LogP contribution in [0.2, 0.25) is 0 Å². The quantitative estimate of drug-likeness (QED) is 0.379. The van der Waals surface area contributed by atoms with Crippen LogP contribution in [-0.4, -0.2) is 49.4 Å². The lowest BCUT2D eigenvalue weighted by atomic mass is 10.3. The van der Waals surface area contributed by atoms with Crippen molar-refractivity contribution in [3.63, 3.8) is 0 Å². The maximum absolute atomic E-state index is 12.2. The van der Waals surface area contributed by atoms with Crippen LogP contribution in [0.1, 0.15) is 17.5 Å². The van der Waals surface area contributed by atoms with Crippen molar-refractivity contribution in [1.82, 2.24) is 25.2 Å². The van der Waals surface area contributed by atoms with Gasteiger partial charge in [-0.05, 0) is 28.8 Å². The fourth-order valence-corrected chi connectivity index (χ4v) is 4.33. The second-order valence-corrected chi connectivity index (χ2v) is 8.31. The number of rotatable bonds is 10. The normalized spacial score (nSPS) is 10.8. The first-order chi connectivity index (χ1) is 13.6. The molecule has 9 nitrogen and oxygen atoms in total. The van der Waals surface area contributed by atoms with Gasteiger partial charge in [0, 0.05) is 16.7 Å². The largest absolute Gasteiger partial charge is 0.466 e. The average Bonchev–Trinajstić information content (AvgIpc) is 3.41. The lowest BCUT2D eigenvalue weighted by molar-refractivity contribution is -0.142. The molecule has 0 spiro atoms. The Balaban J connectivity index is 1.45. The number of nitrogens with zero attached hydrogens (tertiary/aromatic N) is 5. The number of ether oxygens (including phenoxy) is 1. The number of tetrazole rings is 1. The Morgan fingerprint density at radius 3 is 3.04 bits per heavy atom. The second kappa shape index (κ2) is 10.3. The molecule has 0 fully saturated rings. The van der Waals surface area contributed by atoms with Crippen molar-refractivity contribution in [2.24, 2.45) is 0 Å². The summed E-state index contributed by atoms with van der Waals surface area (Å²) in [5.74, 6) is -0.392. The molecule has 28 heavy (non-hydrogen) atoms. The molecule has 3 rings (SSSR count). The third-order valence-corrected chi connectivity index (χ3v) is 6.11. The number of carbonyl (C=O) groups excluding carboxylic acids is 2. The Morgan fingerprint density at radius 2 is 2.25 bits per heavy atom. The summed E-state index contributed by atoms with van der Waals surface area (Å²) in [6.45, 7) is 2.73. The number of thiazole rings is 1. The van der Waals surface area contributed by atoms with Crippen LogP contribution in [0.15, 0.2) is 28.0 Å². The minimum atomic E-state index is -0.337. The smallest absolute Gasteiger partial charge is 0.311 e. The Morgan fingerprint density at radius 1 is 1.36 bits per heavy atom. The number of amides is 1. The monoisotopic (exact) mass is 438 g/mol. The van der Waals surface area contributed by atoms with Gasteiger partial charge in [0.15, 0.2) is 5.13 Å². The number of nitrogens with one attached hydrogen (secondary N) is 1. The van der Waals surface area contributed by atoms with Crippen molar-refractivity contribution in [3.8, 4) is 0 Å². The molecule has 3 aromatic heterocycles. The highest BCUT2D eigenvalue weighted by Crippen LogP contribution is 2.19. The van der Waals surface area contributed by atoms with Crippen LogP contribution < -0.4 is 5.32 Å². The van der Waals surface area contributed by atoms with E-state index in [1.807, 2.05) is 11.4 Å². The molecule has 0 aromatic carbocycles. The number of aromatic nitrogens is 5. The first-order valence-electron chi connectivity index (χ1n) is 8.45. The number of thiophene rings is 1. The average molecular weight is 439 g/mol. The number of thioether (sulfide) groups is 1. The highest BCUT2D eigenvalue weighted by molar-refractivity contribution is 7.99. The van der Waals surface area contributed by atoms with Crippen LogP contribution in [0.4, 0.5) is 5.13 Å². The van der Waals surface area contributed by atoms with Gasteiger partial charge in [0.05, 0.1) is 31.0 Å². The van der Waals surface area contributed by atoms with Gasteiger partial charge in [0.1, 0.15) is 0 Å². The lowest BCUT2D eigenvalue weighted by Crippen LogP contribution is -2.15. The fourth-order valence-electron chi connectivity index (χ4n) is 2.20. The molecular formula is C16H18N6O3S3. The van der Waals surface area contributed by atoms with E-state index in [2.05, 4.69) is 31.9 Å². The molecule has 0 bridgehead atoms. The van der Waals surface area contributed by atoms with Gasteiger partial charge in [-0.2, -0.15) is 0 Å². The Bertz CT molecular complexity index is 909. The maximum Gasteiger partial charge on any atom is 0.311 e. The number of hydrogen-bond donors (Lipinski definition) is 1. The molecule has 0 unspecified atom stereocenters. The minimum Gasteiger partial charge on any atom is -0.466 e. The summed E-state index contributed by atoms with van der Waals surface area (Å²) in [4.78, 5) is 29.1. The van der Waals surface area contributed by atoms with Crippen LogP contribution >= 0.6 is 34.4 Å². The van der Waals surface area contributed by atoms with Gasteiger partial charge in [0.25, 0.3) is 0 Å². The van der Waals surface area contributed by atoms with Crippen molar-refractivity contribution >= 4 is 51.4 Å². The van der Waals surface area contributed by atoms with Crippen molar-refractivity contribution in [2.75, 3.05) is 17.7 Å². The molecule has 148 valence electrons. The Kier molecular flexibility index (Phi) is 7.51. The molecule has 1 amide bonds. The molecule has 12 heteroatoms. The summed E-state index contributed by atoms with van der Waals surface area (Å²) >= 11 is 4.22. The maximum atomic E-state index is 12.2. The molecule has 0 aliphatic carbocycles. The van der Waals surface area contributed by atoms with E-state index in [4.69, 9.17) is 4.74 Å². The van der Waals surface area contributed by atoms with E-state index in [1.54, 1.807) is 28.3 Å².